The molecule has 0 fully saturated rings. The van der Waals surface area contributed by atoms with E-state index in [4.69, 9.17) is 11.6 Å². The molecule has 0 aromatic rings. The largest absolute Gasteiger partial charge is 0.397 e. The first-order chi connectivity index (χ1) is 7.28. The summed E-state index contributed by atoms with van der Waals surface area (Å²) < 4.78 is 35.7. The lowest BCUT2D eigenvalue weighted by molar-refractivity contribution is -0.154. The summed E-state index contributed by atoms with van der Waals surface area (Å²) in [4.78, 5) is 11.0. The van der Waals surface area contributed by atoms with Gasteiger partial charge in [-0.25, -0.2) is 0 Å². The fourth-order valence-corrected chi connectivity index (χ4v) is 1.74. The highest BCUT2D eigenvalue weighted by Crippen LogP contribution is 2.27. The minimum absolute atomic E-state index is 0.193. The topological polar surface area (TPSA) is 29.1 Å². The lowest BCUT2D eigenvalue weighted by Crippen LogP contribution is -2.39. The van der Waals surface area contributed by atoms with Crippen molar-refractivity contribution in [3.8, 4) is 0 Å². The molecule has 0 heterocycles. The maximum atomic E-state index is 11.9. The molecule has 16 heavy (non-hydrogen) atoms. The van der Waals surface area contributed by atoms with E-state index < -0.39 is 18.5 Å². The molecule has 0 saturated heterocycles. The third-order valence-corrected chi connectivity index (χ3v) is 3.37. The molecule has 0 aliphatic rings. The van der Waals surface area contributed by atoms with Gasteiger partial charge in [0.2, 0.25) is 5.91 Å². The van der Waals surface area contributed by atoms with Crippen LogP contribution in [0.1, 0.15) is 33.1 Å². The normalized spacial score (nSPS) is 12.6. The number of carbonyl (C=O) groups is 1. The molecule has 1 amide bonds. The molecule has 1 N–H and O–H groups in total. The fourth-order valence-electron chi connectivity index (χ4n) is 1.27. The van der Waals surface area contributed by atoms with Crippen LogP contribution < -0.4 is 5.32 Å². The third kappa shape index (κ3) is 5.58. The Morgan fingerprint density at radius 1 is 1.25 bits per heavy atom. The van der Waals surface area contributed by atoms with Gasteiger partial charge >= 0.3 is 6.18 Å². The number of alkyl halides is 4. The van der Waals surface area contributed by atoms with Crippen molar-refractivity contribution in [1.82, 2.24) is 5.32 Å². The Labute approximate surface area is 98.5 Å². The SMILES string of the molecule is CCC(CC)(CCl)CNC(=O)CC(F)(F)F. The highest BCUT2D eigenvalue weighted by atomic mass is 35.5. The summed E-state index contributed by atoms with van der Waals surface area (Å²) in [5.41, 5.74) is -0.303. The Bertz CT molecular complexity index is 218. The second-order valence-electron chi connectivity index (χ2n) is 3.91. The summed E-state index contributed by atoms with van der Waals surface area (Å²) >= 11 is 5.77. The minimum atomic E-state index is -4.45. The zero-order valence-electron chi connectivity index (χ0n) is 9.46. The molecule has 0 aromatic carbocycles. The van der Waals surface area contributed by atoms with Crippen LogP contribution in [0, 0.1) is 5.41 Å². The Morgan fingerprint density at radius 3 is 2.06 bits per heavy atom. The third-order valence-electron chi connectivity index (χ3n) is 2.81. The monoisotopic (exact) mass is 259 g/mol. The molecule has 0 aromatic heterocycles. The molecule has 0 spiro atoms. The van der Waals surface area contributed by atoms with Crippen LogP contribution in [0.4, 0.5) is 13.2 Å². The Morgan fingerprint density at radius 2 is 1.75 bits per heavy atom. The number of nitrogens with one attached hydrogen (secondary N) is 1. The summed E-state index contributed by atoms with van der Waals surface area (Å²) in [5, 5.41) is 2.29. The zero-order valence-corrected chi connectivity index (χ0v) is 10.2. The van der Waals surface area contributed by atoms with Gasteiger partial charge < -0.3 is 5.32 Å². The lowest BCUT2D eigenvalue weighted by atomic mass is 9.84. The van der Waals surface area contributed by atoms with E-state index in [1.165, 1.54) is 0 Å². The summed E-state index contributed by atoms with van der Waals surface area (Å²) in [6.45, 7) is 4.00. The van der Waals surface area contributed by atoms with Gasteiger partial charge in [0.15, 0.2) is 0 Å². The number of halogens is 4. The number of hydrogen-bond donors (Lipinski definition) is 1. The van der Waals surface area contributed by atoms with Crippen LogP contribution in [0.3, 0.4) is 0 Å². The molecule has 96 valence electrons. The minimum Gasteiger partial charge on any atom is -0.355 e. The van der Waals surface area contributed by atoms with E-state index >= 15 is 0 Å². The highest BCUT2D eigenvalue weighted by molar-refractivity contribution is 6.18. The van der Waals surface area contributed by atoms with Crippen molar-refractivity contribution in [3.63, 3.8) is 0 Å². The summed E-state index contributed by atoms with van der Waals surface area (Å²) in [5.74, 6) is -0.671. The second kappa shape index (κ2) is 6.33. The Kier molecular flexibility index (Phi) is 6.15. The van der Waals surface area contributed by atoms with E-state index in [2.05, 4.69) is 5.32 Å². The molecule has 0 bridgehead atoms. The van der Waals surface area contributed by atoms with Gasteiger partial charge in [-0.15, -0.1) is 11.6 Å². The average Bonchev–Trinajstić information content (AvgIpc) is 2.18. The van der Waals surface area contributed by atoms with Crippen LogP contribution in [0.15, 0.2) is 0 Å². The van der Waals surface area contributed by atoms with E-state index in [0.29, 0.717) is 5.88 Å². The van der Waals surface area contributed by atoms with Crippen molar-refractivity contribution in [2.75, 3.05) is 12.4 Å². The maximum Gasteiger partial charge on any atom is 0.397 e. The number of amides is 1. The molecule has 0 unspecified atom stereocenters. The van der Waals surface area contributed by atoms with Crippen LogP contribution in [0.5, 0.6) is 0 Å². The Hall–Kier alpha value is -0.450. The highest BCUT2D eigenvalue weighted by Gasteiger charge is 2.32. The summed E-state index contributed by atoms with van der Waals surface area (Å²) in [6, 6.07) is 0. The molecular formula is C10H17ClF3NO. The molecule has 2 nitrogen and oxygen atoms in total. The van der Waals surface area contributed by atoms with Gasteiger partial charge in [-0.3, -0.25) is 4.79 Å². The predicted molar refractivity (Wildman–Crippen MR) is 57.4 cm³/mol. The number of rotatable bonds is 6. The fraction of sp³-hybridized carbons (Fsp3) is 0.900. The van der Waals surface area contributed by atoms with Crippen molar-refractivity contribution in [2.45, 2.75) is 39.3 Å². The van der Waals surface area contributed by atoms with E-state index in [1.54, 1.807) is 0 Å². The average molecular weight is 260 g/mol. The molecule has 0 saturated carbocycles. The first-order valence-corrected chi connectivity index (χ1v) is 5.71. The molecule has 0 radical (unpaired) electrons. The second-order valence-corrected chi connectivity index (χ2v) is 4.18. The van der Waals surface area contributed by atoms with Gasteiger partial charge in [0, 0.05) is 17.8 Å². The molecule has 0 rings (SSSR count). The quantitative estimate of drug-likeness (QED) is 0.730. The summed E-state index contributed by atoms with van der Waals surface area (Å²) in [7, 11) is 0. The molecular weight excluding hydrogens is 243 g/mol. The number of carbonyl (C=O) groups excluding carboxylic acids is 1. The number of hydrogen-bond acceptors (Lipinski definition) is 1. The van der Waals surface area contributed by atoms with Gasteiger partial charge in [-0.05, 0) is 12.8 Å². The standard InChI is InChI=1S/C10H17ClF3NO/c1-3-9(4-2,6-11)7-15-8(16)5-10(12,13)14/h3-7H2,1-2H3,(H,15,16). The summed E-state index contributed by atoms with van der Waals surface area (Å²) in [6.07, 6.45) is -4.44. The predicted octanol–water partition coefficient (Wildman–Crippen LogP) is 3.10. The van der Waals surface area contributed by atoms with Crippen molar-refractivity contribution in [3.05, 3.63) is 0 Å². The first-order valence-electron chi connectivity index (χ1n) is 5.18. The van der Waals surface area contributed by atoms with Gasteiger partial charge in [-0.1, -0.05) is 13.8 Å². The molecule has 6 heteroatoms. The van der Waals surface area contributed by atoms with Crippen molar-refractivity contribution < 1.29 is 18.0 Å². The van der Waals surface area contributed by atoms with Crippen LogP contribution in [0.2, 0.25) is 0 Å². The van der Waals surface area contributed by atoms with Gasteiger partial charge in [-0.2, -0.15) is 13.2 Å². The molecule has 0 aliphatic heterocycles. The zero-order chi connectivity index (χ0) is 12.8. The van der Waals surface area contributed by atoms with Crippen molar-refractivity contribution in [1.29, 1.82) is 0 Å². The van der Waals surface area contributed by atoms with Gasteiger partial charge in [0.25, 0.3) is 0 Å². The van der Waals surface area contributed by atoms with E-state index in [9.17, 15) is 18.0 Å². The van der Waals surface area contributed by atoms with Crippen LogP contribution in [0.25, 0.3) is 0 Å². The van der Waals surface area contributed by atoms with Crippen molar-refractivity contribution >= 4 is 17.5 Å². The van der Waals surface area contributed by atoms with Crippen molar-refractivity contribution in [2.24, 2.45) is 5.41 Å². The van der Waals surface area contributed by atoms with Crippen LogP contribution in [-0.2, 0) is 4.79 Å². The van der Waals surface area contributed by atoms with Gasteiger partial charge in [0.05, 0.1) is 0 Å². The van der Waals surface area contributed by atoms with E-state index in [1.807, 2.05) is 13.8 Å². The van der Waals surface area contributed by atoms with Gasteiger partial charge in [0.1, 0.15) is 6.42 Å². The van der Waals surface area contributed by atoms with E-state index in [0.717, 1.165) is 12.8 Å². The molecule has 0 atom stereocenters. The Balaban J connectivity index is 4.17. The van der Waals surface area contributed by atoms with E-state index in [-0.39, 0.29) is 12.0 Å². The lowest BCUT2D eigenvalue weighted by Gasteiger charge is -2.29. The van der Waals surface area contributed by atoms with Crippen LogP contribution in [-0.4, -0.2) is 24.5 Å². The smallest absolute Gasteiger partial charge is 0.355 e. The maximum absolute atomic E-state index is 11.9. The van der Waals surface area contributed by atoms with Crippen LogP contribution >= 0.6 is 11.6 Å². The molecule has 0 aliphatic carbocycles. The first kappa shape index (κ1) is 15.6.